The Labute approximate surface area is 97.3 Å². The van der Waals surface area contributed by atoms with Crippen LogP contribution in [0.15, 0.2) is 24.3 Å². The largest absolute Gasteiger partial charge is 0.368 e. The average Bonchev–Trinajstić information content (AvgIpc) is 2.30. The van der Waals surface area contributed by atoms with Crippen molar-refractivity contribution in [3.8, 4) is 0 Å². The Kier molecular flexibility index (Phi) is 4.74. The van der Waals surface area contributed by atoms with Crippen molar-refractivity contribution in [2.24, 2.45) is 11.7 Å². The lowest BCUT2D eigenvalue weighted by Crippen LogP contribution is -2.43. The normalized spacial score (nSPS) is 14.6. The quantitative estimate of drug-likeness (QED) is 0.833. The van der Waals surface area contributed by atoms with Crippen molar-refractivity contribution < 1.29 is 4.39 Å². The number of hydrogen-bond donors (Lipinski definition) is 1. The Hall–Kier alpha value is -1.09. The first-order valence-electron chi connectivity index (χ1n) is 5.79. The molecule has 0 aromatic heterocycles. The van der Waals surface area contributed by atoms with Crippen LogP contribution in [0.2, 0.25) is 0 Å². The minimum atomic E-state index is -0.188. The van der Waals surface area contributed by atoms with Crippen molar-refractivity contribution in [1.29, 1.82) is 0 Å². The summed E-state index contributed by atoms with van der Waals surface area (Å²) in [7, 11) is 1.90. The molecule has 0 bridgehead atoms. The first-order chi connectivity index (χ1) is 7.61. The first kappa shape index (κ1) is 13.0. The highest BCUT2D eigenvalue weighted by Crippen LogP contribution is 2.23. The zero-order valence-electron chi connectivity index (χ0n) is 10.3. The van der Waals surface area contributed by atoms with Gasteiger partial charge in [0.25, 0.3) is 0 Å². The zero-order valence-corrected chi connectivity index (χ0v) is 10.3. The molecule has 0 saturated carbocycles. The van der Waals surface area contributed by atoms with Gasteiger partial charge in [-0.1, -0.05) is 32.4 Å². The van der Waals surface area contributed by atoms with Gasteiger partial charge in [0.1, 0.15) is 5.82 Å². The molecule has 2 unspecified atom stereocenters. The van der Waals surface area contributed by atoms with Crippen molar-refractivity contribution in [2.45, 2.75) is 26.3 Å². The second-order valence-electron chi connectivity index (χ2n) is 4.25. The van der Waals surface area contributed by atoms with Crippen molar-refractivity contribution in [1.82, 2.24) is 0 Å². The summed E-state index contributed by atoms with van der Waals surface area (Å²) in [6, 6.07) is 7.00. The molecular formula is C13H21FN2. The topological polar surface area (TPSA) is 29.3 Å². The van der Waals surface area contributed by atoms with Crippen LogP contribution in [0.25, 0.3) is 0 Å². The van der Waals surface area contributed by atoms with E-state index in [2.05, 4.69) is 13.8 Å². The molecule has 3 heteroatoms. The van der Waals surface area contributed by atoms with Gasteiger partial charge in [-0.05, 0) is 18.1 Å². The summed E-state index contributed by atoms with van der Waals surface area (Å²) in [5.41, 5.74) is 6.40. The van der Waals surface area contributed by atoms with Crippen LogP contribution in [0.4, 0.5) is 10.1 Å². The van der Waals surface area contributed by atoms with Crippen LogP contribution < -0.4 is 10.6 Å². The molecule has 2 N–H and O–H groups in total. The van der Waals surface area contributed by atoms with E-state index in [0.29, 0.717) is 18.2 Å². The maximum atomic E-state index is 13.6. The highest BCUT2D eigenvalue weighted by atomic mass is 19.1. The van der Waals surface area contributed by atoms with Crippen molar-refractivity contribution in [3.05, 3.63) is 30.1 Å². The fourth-order valence-corrected chi connectivity index (χ4v) is 1.96. The second-order valence-corrected chi connectivity index (χ2v) is 4.25. The van der Waals surface area contributed by atoms with E-state index in [1.165, 1.54) is 6.07 Å². The van der Waals surface area contributed by atoms with Crippen LogP contribution in [-0.2, 0) is 0 Å². The first-order valence-corrected chi connectivity index (χ1v) is 5.79. The molecule has 0 spiro atoms. The summed E-state index contributed by atoms with van der Waals surface area (Å²) in [6.07, 6.45) is 1.04. The van der Waals surface area contributed by atoms with E-state index in [1.54, 1.807) is 12.1 Å². The van der Waals surface area contributed by atoms with Crippen LogP contribution in [-0.4, -0.2) is 19.6 Å². The molecule has 0 saturated heterocycles. The smallest absolute Gasteiger partial charge is 0.146 e. The fraction of sp³-hybridized carbons (Fsp3) is 0.538. The standard InChI is InChI=1S/C13H21FN2/c1-4-10(2)13(9-15)16(3)12-8-6-5-7-11(12)14/h5-8,10,13H,4,9,15H2,1-3H3. The summed E-state index contributed by atoms with van der Waals surface area (Å²) < 4.78 is 13.6. The molecule has 0 radical (unpaired) electrons. The Morgan fingerprint density at radius 1 is 1.38 bits per heavy atom. The van der Waals surface area contributed by atoms with Crippen LogP contribution in [0, 0.1) is 11.7 Å². The molecule has 0 heterocycles. The third-order valence-corrected chi connectivity index (χ3v) is 3.27. The van der Waals surface area contributed by atoms with Crippen LogP contribution in [0.3, 0.4) is 0 Å². The number of hydrogen-bond acceptors (Lipinski definition) is 2. The minimum absolute atomic E-state index is 0.182. The molecule has 2 atom stereocenters. The van der Waals surface area contributed by atoms with Gasteiger partial charge >= 0.3 is 0 Å². The van der Waals surface area contributed by atoms with E-state index in [9.17, 15) is 4.39 Å². The third-order valence-electron chi connectivity index (χ3n) is 3.27. The van der Waals surface area contributed by atoms with Crippen molar-refractivity contribution >= 4 is 5.69 Å². The predicted octanol–water partition coefficient (Wildman–Crippen LogP) is 2.64. The van der Waals surface area contributed by atoms with Crippen molar-refractivity contribution in [2.75, 3.05) is 18.5 Å². The van der Waals surface area contributed by atoms with Crippen molar-refractivity contribution in [3.63, 3.8) is 0 Å². The molecule has 1 aromatic rings. The van der Waals surface area contributed by atoms with Gasteiger partial charge in [0.2, 0.25) is 0 Å². The fourth-order valence-electron chi connectivity index (χ4n) is 1.96. The molecule has 90 valence electrons. The third kappa shape index (κ3) is 2.73. The Bertz CT molecular complexity index is 327. The van der Waals surface area contributed by atoms with Gasteiger partial charge < -0.3 is 10.6 Å². The SMILES string of the molecule is CCC(C)C(CN)N(C)c1ccccc1F. The Morgan fingerprint density at radius 3 is 2.50 bits per heavy atom. The number of rotatable bonds is 5. The molecule has 0 aliphatic rings. The number of nitrogens with two attached hydrogens (primary N) is 1. The van der Waals surface area contributed by atoms with Crippen LogP contribution in [0.5, 0.6) is 0 Å². The number of halogens is 1. The zero-order chi connectivity index (χ0) is 12.1. The van der Waals surface area contributed by atoms with Crippen LogP contribution in [0.1, 0.15) is 20.3 Å². The summed E-state index contributed by atoms with van der Waals surface area (Å²) in [4.78, 5) is 1.95. The molecule has 0 fully saturated rings. The van der Waals surface area contributed by atoms with Gasteiger partial charge in [0, 0.05) is 19.6 Å². The lowest BCUT2D eigenvalue weighted by molar-refractivity contribution is 0.429. The van der Waals surface area contributed by atoms with Gasteiger partial charge in [-0.15, -0.1) is 0 Å². The minimum Gasteiger partial charge on any atom is -0.368 e. The van der Waals surface area contributed by atoms with E-state index in [-0.39, 0.29) is 11.9 Å². The molecule has 2 nitrogen and oxygen atoms in total. The number of benzene rings is 1. The average molecular weight is 224 g/mol. The summed E-state index contributed by atoms with van der Waals surface area (Å²) >= 11 is 0. The lowest BCUT2D eigenvalue weighted by atomic mass is 9.97. The van der Waals surface area contributed by atoms with Gasteiger partial charge in [0.15, 0.2) is 0 Å². The maximum absolute atomic E-state index is 13.6. The highest BCUT2D eigenvalue weighted by Gasteiger charge is 2.21. The highest BCUT2D eigenvalue weighted by molar-refractivity contribution is 5.48. The van der Waals surface area contributed by atoms with E-state index >= 15 is 0 Å². The molecule has 1 rings (SSSR count). The van der Waals surface area contributed by atoms with Gasteiger partial charge in [-0.3, -0.25) is 0 Å². The molecule has 0 aliphatic carbocycles. The van der Waals surface area contributed by atoms with E-state index < -0.39 is 0 Å². The number of nitrogens with zero attached hydrogens (tertiary/aromatic N) is 1. The predicted molar refractivity (Wildman–Crippen MR) is 67.1 cm³/mol. The Morgan fingerprint density at radius 2 is 2.00 bits per heavy atom. The number of para-hydroxylation sites is 1. The van der Waals surface area contributed by atoms with E-state index in [0.717, 1.165) is 6.42 Å². The van der Waals surface area contributed by atoms with Gasteiger partial charge in [-0.2, -0.15) is 0 Å². The molecule has 16 heavy (non-hydrogen) atoms. The monoisotopic (exact) mass is 224 g/mol. The summed E-state index contributed by atoms with van der Waals surface area (Å²) in [6.45, 7) is 4.82. The maximum Gasteiger partial charge on any atom is 0.146 e. The lowest BCUT2D eigenvalue weighted by Gasteiger charge is -2.33. The second kappa shape index (κ2) is 5.85. The summed E-state index contributed by atoms with van der Waals surface area (Å²) in [5, 5.41) is 0. The van der Waals surface area contributed by atoms with Gasteiger partial charge in [0.05, 0.1) is 5.69 Å². The summed E-state index contributed by atoms with van der Waals surface area (Å²) in [5.74, 6) is 0.265. The molecular weight excluding hydrogens is 203 g/mol. The van der Waals surface area contributed by atoms with Crippen LogP contribution >= 0.6 is 0 Å². The number of anilines is 1. The molecule has 1 aromatic carbocycles. The van der Waals surface area contributed by atoms with Gasteiger partial charge in [-0.25, -0.2) is 4.39 Å². The number of likely N-dealkylation sites (N-methyl/N-ethyl adjacent to an activating group) is 1. The Balaban J connectivity index is 2.91. The van der Waals surface area contributed by atoms with E-state index in [4.69, 9.17) is 5.73 Å². The molecule has 0 amide bonds. The molecule has 0 aliphatic heterocycles. The van der Waals surface area contributed by atoms with E-state index in [1.807, 2.05) is 18.0 Å².